The average molecular weight is 339 g/mol. The molecule has 1 N–H and O–H groups in total. The minimum Gasteiger partial charge on any atom is -0.496 e. The van der Waals surface area contributed by atoms with Crippen molar-refractivity contribution >= 4 is 33.9 Å². The number of ether oxygens (including phenoxy) is 1. The van der Waals surface area contributed by atoms with Crippen molar-refractivity contribution in [2.45, 2.75) is 26.8 Å². The first kappa shape index (κ1) is 16.5. The summed E-state index contributed by atoms with van der Waals surface area (Å²) in [5, 5.41) is 3.39. The Morgan fingerprint density at radius 2 is 2.00 bits per heavy atom. The summed E-state index contributed by atoms with van der Waals surface area (Å²) < 4.78 is 7.60. The topological polar surface area (TPSA) is 39.1 Å². The van der Waals surface area contributed by atoms with Crippen LogP contribution in [0.4, 0.5) is 5.69 Å². The van der Waals surface area contributed by atoms with Crippen LogP contribution in [-0.4, -0.2) is 21.6 Å². The number of methoxy groups -OCH3 is 1. The molecule has 1 aromatic heterocycles. The van der Waals surface area contributed by atoms with Crippen molar-refractivity contribution < 1.29 is 4.74 Å². The van der Waals surface area contributed by atoms with E-state index in [1.165, 1.54) is 0 Å². The monoisotopic (exact) mass is 339 g/mol. The maximum Gasteiger partial charge on any atom is 0.122 e. The van der Waals surface area contributed by atoms with Gasteiger partial charge in [0.15, 0.2) is 0 Å². The largest absolute Gasteiger partial charge is 0.496 e. The van der Waals surface area contributed by atoms with Crippen molar-refractivity contribution in [2.75, 3.05) is 12.4 Å². The number of para-hydroxylation sites is 2. The Hall–Kier alpha value is -2.40. The van der Waals surface area contributed by atoms with Crippen LogP contribution < -0.4 is 10.1 Å². The molecule has 0 saturated carbocycles. The van der Waals surface area contributed by atoms with E-state index in [4.69, 9.17) is 17.0 Å². The van der Waals surface area contributed by atoms with Crippen LogP contribution in [-0.2, 0) is 13.0 Å². The van der Waals surface area contributed by atoms with Gasteiger partial charge in [-0.1, -0.05) is 36.5 Å². The first-order valence-corrected chi connectivity index (χ1v) is 8.42. The number of hydrogen-bond donors (Lipinski definition) is 1. The zero-order valence-electron chi connectivity index (χ0n) is 14.2. The zero-order valence-corrected chi connectivity index (χ0v) is 15.0. The summed E-state index contributed by atoms with van der Waals surface area (Å²) in [6.07, 6.45) is 0.634. The fraction of sp³-hybridized carbons (Fsp3) is 0.263. The Labute approximate surface area is 147 Å². The fourth-order valence-corrected chi connectivity index (χ4v) is 3.27. The predicted molar refractivity (Wildman–Crippen MR) is 103 cm³/mol. The second-order valence-corrected chi connectivity index (χ2v) is 6.11. The maximum absolute atomic E-state index is 5.58. The lowest BCUT2D eigenvalue weighted by Crippen LogP contribution is -2.13. The number of benzene rings is 2. The maximum atomic E-state index is 5.58. The van der Waals surface area contributed by atoms with Crippen molar-refractivity contribution in [1.82, 2.24) is 9.55 Å². The third kappa shape index (κ3) is 3.12. The van der Waals surface area contributed by atoms with E-state index in [0.29, 0.717) is 6.42 Å². The summed E-state index contributed by atoms with van der Waals surface area (Å²) in [7, 11) is 1.68. The van der Waals surface area contributed by atoms with Crippen molar-refractivity contribution in [3.63, 3.8) is 0 Å². The fourth-order valence-electron chi connectivity index (χ4n) is 3.01. The molecule has 0 amide bonds. The molecule has 124 valence electrons. The Kier molecular flexibility index (Phi) is 4.81. The minimum absolute atomic E-state index is 0.634. The van der Waals surface area contributed by atoms with E-state index >= 15 is 0 Å². The number of nitrogens with zero attached hydrogens (tertiary/aromatic N) is 2. The van der Waals surface area contributed by atoms with Gasteiger partial charge in [0.2, 0.25) is 0 Å². The van der Waals surface area contributed by atoms with Gasteiger partial charge >= 0.3 is 0 Å². The van der Waals surface area contributed by atoms with Crippen molar-refractivity contribution in [2.24, 2.45) is 0 Å². The van der Waals surface area contributed by atoms with Gasteiger partial charge in [-0.2, -0.15) is 0 Å². The Bertz CT molecular complexity index is 885. The number of hydrogen-bond acceptors (Lipinski definition) is 3. The number of anilines is 1. The van der Waals surface area contributed by atoms with Crippen molar-refractivity contribution in [3.8, 4) is 5.75 Å². The number of aryl methyl sites for hydroxylation is 2. The molecule has 0 spiro atoms. The normalized spacial score (nSPS) is 10.8. The van der Waals surface area contributed by atoms with E-state index in [1.54, 1.807) is 7.11 Å². The first-order chi connectivity index (χ1) is 11.6. The molecule has 1 heterocycles. The Morgan fingerprint density at radius 1 is 1.21 bits per heavy atom. The van der Waals surface area contributed by atoms with Crippen LogP contribution in [0.3, 0.4) is 0 Å². The second-order valence-electron chi connectivity index (χ2n) is 5.61. The van der Waals surface area contributed by atoms with Gasteiger partial charge in [0.25, 0.3) is 0 Å². The summed E-state index contributed by atoms with van der Waals surface area (Å²) in [5.41, 5.74) is 4.15. The molecule has 0 fully saturated rings. The van der Waals surface area contributed by atoms with Crippen LogP contribution in [0.1, 0.15) is 18.3 Å². The molecule has 0 unspecified atom stereocenters. The number of aromatic nitrogens is 2. The molecule has 5 heteroatoms. The molecule has 0 saturated heterocycles. The molecule has 2 aromatic carbocycles. The second kappa shape index (κ2) is 7.01. The van der Waals surface area contributed by atoms with E-state index in [0.717, 1.165) is 45.4 Å². The van der Waals surface area contributed by atoms with Crippen LogP contribution in [0, 0.1) is 6.92 Å². The van der Waals surface area contributed by atoms with Crippen LogP contribution in [0.2, 0.25) is 0 Å². The van der Waals surface area contributed by atoms with Crippen molar-refractivity contribution in [1.29, 1.82) is 0 Å². The highest BCUT2D eigenvalue weighted by Crippen LogP contribution is 2.25. The van der Waals surface area contributed by atoms with E-state index in [1.807, 2.05) is 49.4 Å². The molecule has 0 radical (unpaired) electrons. The summed E-state index contributed by atoms with van der Waals surface area (Å²) >= 11 is 5.58. The van der Waals surface area contributed by atoms with E-state index < -0.39 is 0 Å². The molecule has 0 aliphatic rings. The highest BCUT2D eigenvalue weighted by atomic mass is 32.1. The Balaban J connectivity index is 1.88. The smallest absolute Gasteiger partial charge is 0.122 e. The SMILES string of the molecule is CCn1c(C)nc2cccc(NC(=S)Cc3ccccc3OC)c21. The van der Waals surface area contributed by atoms with Gasteiger partial charge in [0.05, 0.1) is 28.8 Å². The molecule has 24 heavy (non-hydrogen) atoms. The van der Waals surface area contributed by atoms with Gasteiger partial charge in [0, 0.05) is 18.5 Å². The highest BCUT2D eigenvalue weighted by Gasteiger charge is 2.12. The van der Waals surface area contributed by atoms with Crippen molar-refractivity contribution in [3.05, 3.63) is 53.9 Å². The Morgan fingerprint density at radius 3 is 2.75 bits per heavy atom. The number of fused-ring (bicyclic) bond motifs is 1. The van der Waals surface area contributed by atoms with E-state index in [-0.39, 0.29) is 0 Å². The summed E-state index contributed by atoms with van der Waals surface area (Å²) in [6.45, 7) is 5.03. The quantitative estimate of drug-likeness (QED) is 0.701. The lowest BCUT2D eigenvalue weighted by Gasteiger charge is -2.13. The third-order valence-corrected chi connectivity index (χ3v) is 4.34. The number of nitrogens with one attached hydrogen (secondary N) is 1. The highest BCUT2D eigenvalue weighted by molar-refractivity contribution is 7.80. The predicted octanol–water partition coefficient (Wildman–Crippen LogP) is 4.36. The zero-order chi connectivity index (χ0) is 17.1. The lowest BCUT2D eigenvalue weighted by atomic mass is 10.1. The summed E-state index contributed by atoms with van der Waals surface area (Å²) in [6, 6.07) is 14.0. The molecule has 0 atom stereocenters. The molecule has 0 aliphatic heterocycles. The first-order valence-electron chi connectivity index (χ1n) is 8.01. The standard InChI is InChI=1S/C19H21N3OS/c1-4-22-13(2)20-15-9-7-10-16(19(15)22)21-18(24)12-14-8-5-6-11-17(14)23-3/h5-11H,4,12H2,1-3H3,(H,21,24). The van der Waals surface area contributed by atoms with Gasteiger partial charge in [-0.25, -0.2) is 4.98 Å². The van der Waals surface area contributed by atoms with Crippen LogP contribution in [0.25, 0.3) is 11.0 Å². The summed E-state index contributed by atoms with van der Waals surface area (Å²) in [5.74, 6) is 1.87. The number of imidazole rings is 1. The van der Waals surface area contributed by atoms with E-state index in [9.17, 15) is 0 Å². The third-order valence-electron chi connectivity index (χ3n) is 4.09. The lowest BCUT2D eigenvalue weighted by molar-refractivity contribution is 0.411. The van der Waals surface area contributed by atoms with Gasteiger partial charge in [-0.3, -0.25) is 0 Å². The molecule has 3 aromatic rings. The molecule has 3 rings (SSSR count). The molecular weight excluding hydrogens is 318 g/mol. The molecule has 4 nitrogen and oxygen atoms in total. The minimum atomic E-state index is 0.634. The summed E-state index contributed by atoms with van der Waals surface area (Å²) in [4.78, 5) is 5.38. The molecular formula is C19H21N3OS. The molecule has 0 aliphatic carbocycles. The van der Waals surface area contributed by atoms with Crippen LogP contribution in [0.5, 0.6) is 5.75 Å². The van der Waals surface area contributed by atoms with E-state index in [2.05, 4.69) is 21.8 Å². The number of thiocarbonyl (C=S) groups is 1. The number of rotatable bonds is 5. The van der Waals surface area contributed by atoms with Gasteiger partial charge in [0.1, 0.15) is 11.6 Å². The van der Waals surface area contributed by atoms with Crippen LogP contribution in [0.15, 0.2) is 42.5 Å². The van der Waals surface area contributed by atoms with Gasteiger partial charge < -0.3 is 14.6 Å². The van der Waals surface area contributed by atoms with Gasteiger partial charge in [-0.15, -0.1) is 0 Å². The van der Waals surface area contributed by atoms with Crippen LogP contribution >= 0.6 is 12.2 Å². The van der Waals surface area contributed by atoms with Gasteiger partial charge in [-0.05, 0) is 32.0 Å². The molecule has 0 bridgehead atoms. The average Bonchev–Trinajstić information content (AvgIpc) is 2.91.